The second-order valence-corrected chi connectivity index (χ2v) is 4.46. The quantitative estimate of drug-likeness (QED) is 0.825. The average Bonchev–Trinajstić information content (AvgIpc) is 2.63. The molecule has 0 fully saturated rings. The number of rotatable bonds is 4. The second kappa shape index (κ2) is 4.79. The summed E-state index contributed by atoms with van der Waals surface area (Å²) < 4.78 is 5.38. The molecule has 1 aromatic rings. The minimum absolute atomic E-state index is 0.831. The molecule has 0 radical (unpaired) electrons. The van der Waals surface area contributed by atoms with E-state index in [4.69, 9.17) is 4.52 Å². The fourth-order valence-electron chi connectivity index (χ4n) is 2.50. The largest absolute Gasteiger partial charge is 0.361 e. The van der Waals surface area contributed by atoms with Gasteiger partial charge in [-0.25, -0.2) is 0 Å². The van der Waals surface area contributed by atoms with Gasteiger partial charge in [0.25, 0.3) is 0 Å². The van der Waals surface area contributed by atoms with E-state index in [0.29, 0.717) is 0 Å². The first kappa shape index (κ1) is 10.7. The van der Waals surface area contributed by atoms with Gasteiger partial charge in [0.1, 0.15) is 11.5 Å². The standard InChI is InChI=1S/C12H20N2O/c1-3-4-9-5-6-12-10(7-9)11(8-13-2)14-15-12/h9,13H,3-8H2,1-2H3. The van der Waals surface area contributed by atoms with Gasteiger partial charge in [-0.15, -0.1) is 0 Å². The summed E-state index contributed by atoms with van der Waals surface area (Å²) in [6.07, 6.45) is 6.14. The van der Waals surface area contributed by atoms with Crippen molar-refractivity contribution in [1.29, 1.82) is 0 Å². The molecule has 0 aliphatic heterocycles. The highest BCUT2D eigenvalue weighted by Gasteiger charge is 2.24. The molecule has 0 amide bonds. The van der Waals surface area contributed by atoms with Crippen molar-refractivity contribution in [3.8, 4) is 0 Å². The third-order valence-electron chi connectivity index (χ3n) is 3.26. The topological polar surface area (TPSA) is 38.1 Å². The molecule has 15 heavy (non-hydrogen) atoms. The molecule has 1 N–H and O–H groups in total. The zero-order chi connectivity index (χ0) is 10.7. The van der Waals surface area contributed by atoms with Crippen molar-refractivity contribution in [1.82, 2.24) is 10.5 Å². The molecular formula is C12H20N2O. The van der Waals surface area contributed by atoms with Crippen molar-refractivity contribution in [3.63, 3.8) is 0 Å². The first-order valence-corrected chi connectivity index (χ1v) is 5.96. The van der Waals surface area contributed by atoms with Gasteiger partial charge in [-0.1, -0.05) is 24.9 Å². The lowest BCUT2D eigenvalue weighted by Gasteiger charge is -2.20. The molecule has 1 unspecified atom stereocenters. The smallest absolute Gasteiger partial charge is 0.140 e. The molecule has 1 heterocycles. The van der Waals surface area contributed by atoms with Crippen LogP contribution in [-0.2, 0) is 19.4 Å². The number of fused-ring (bicyclic) bond motifs is 1. The Morgan fingerprint density at radius 3 is 3.13 bits per heavy atom. The van der Waals surface area contributed by atoms with Crippen LogP contribution in [0.4, 0.5) is 0 Å². The van der Waals surface area contributed by atoms with Gasteiger partial charge in [0.05, 0.1) is 0 Å². The van der Waals surface area contributed by atoms with Crippen molar-refractivity contribution in [3.05, 3.63) is 17.0 Å². The summed E-state index contributed by atoms with van der Waals surface area (Å²) in [5.74, 6) is 1.98. The first-order valence-electron chi connectivity index (χ1n) is 5.96. The highest BCUT2D eigenvalue weighted by atomic mass is 16.5. The summed E-state index contributed by atoms with van der Waals surface area (Å²) in [6, 6.07) is 0. The number of hydrogen-bond acceptors (Lipinski definition) is 3. The van der Waals surface area contributed by atoms with E-state index >= 15 is 0 Å². The maximum absolute atomic E-state index is 5.38. The van der Waals surface area contributed by atoms with Crippen LogP contribution in [0.1, 0.15) is 43.2 Å². The maximum Gasteiger partial charge on any atom is 0.140 e. The normalized spacial score (nSPS) is 20.3. The Balaban J connectivity index is 2.11. The molecule has 3 nitrogen and oxygen atoms in total. The summed E-state index contributed by atoms with van der Waals surface area (Å²) in [5.41, 5.74) is 2.50. The number of aryl methyl sites for hydroxylation is 1. The third-order valence-corrected chi connectivity index (χ3v) is 3.26. The van der Waals surface area contributed by atoms with Crippen LogP contribution in [0, 0.1) is 5.92 Å². The molecule has 2 rings (SSSR count). The van der Waals surface area contributed by atoms with E-state index in [1.807, 2.05) is 7.05 Å². The summed E-state index contributed by atoms with van der Waals surface area (Å²) in [7, 11) is 1.95. The maximum atomic E-state index is 5.38. The molecule has 1 aliphatic rings. The van der Waals surface area contributed by atoms with E-state index in [-0.39, 0.29) is 0 Å². The lowest BCUT2D eigenvalue weighted by molar-refractivity contribution is 0.339. The Morgan fingerprint density at radius 2 is 2.40 bits per heavy atom. The molecule has 1 aliphatic carbocycles. The number of nitrogens with one attached hydrogen (secondary N) is 1. The van der Waals surface area contributed by atoms with Gasteiger partial charge >= 0.3 is 0 Å². The highest BCUT2D eigenvalue weighted by Crippen LogP contribution is 2.30. The fourth-order valence-corrected chi connectivity index (χ4v) is 2.50. The zero-order valence-corrected chi connectivity index (χ0v) is 9.68. The second-order valence-electron chi connectivity index (χ2n) is 4.46. The van der Waals surface area contributed by atoms with Crippen molar-refractivity contribution in [2.75, 3.05) is 7.05 Å². The van der Waals surface area contributed by atoms with Gasteiger partial charge in [0, 0.05) is 18.5 Å². The van der Waals surface area contributed by atoms with Crippen molar-refractivity contribution >= 4 is 0 Å². The molecule has 3 heteroatoms. The van der Waals surface area contributed by atoms with Crippen LogP contribution in [-0.4, -0.2) is 12.2 Å². The van der Waals surface area contributed by atoms with Gasteiger partial charge in [0.15, 0.2) is 0 Å². The van der Waals surface area contributed by atoms with Crippen LogP contribution in [0.25, 0.3) is 0 Å². The minimum atomic E-state index is 0.831. The molecule has 1 atom stereocenters. The average molecular weight is 208 g/mol. The van der Waals surface area contributed by atoms with E-state index in [2.05, 4.69) is 17.4 Å². The predicted molar refractivity (Wildman–Crippen MR) is 59.7 cm³/mol. The monoisotopic (exact) mass is 208 g/mol. The van der Waals surface area contributed by atoms with Crippen molar-refractivity contribution < 1.29 is 4.52 Å². The summed E-state index contributed by atoms with van der Waals surface area (Å²) in [4.78, 5) is 0. The number of hydrogen-bond donors (Lipinski definition) is 1. The Bertz CT molecular complexity index is 319. The molecule has 0 spiro atoms. The minimum Gasteiger partial charge on any atom is -0.361 e. The molecule has 84 valence electrons. The molecule has 0 bridgehead atoms. The van der Waals surface area contributed by atoms with Crippen LogP contribution in [0.5, 0.6) is 0 Å². The lowest BCUT2D eigenvalue weighted by atomic mass is 9.84. The van der Waals surface area contributed by atoms with Crippen molar-refractivity contribution in [2.45, 2.75) is 45.6 Å². The first-order chi connectivity index (χ1) is 7.35. The molecule has 1 aromatic heterocycles. The number of nitrogens with zero attached hydrogens (tertiary/aromatic N) is 1. The van der Waals surface area contributed by atoms with Gasteiger partial charge in [-0.3, -0.25) is 0 Å². The van der Waals surface area contributed by atoms with Gasteiger partial charge in [-0.2, -0.15) is 0 Å². The summed E-state index contributed by atoms with van der Waals surface area (Å²) in [6.45, 7) is 3.09. The van der Waals surface area contributed by atoms with Crippen LogP contribution in [0.15, 0.2) is 4.52 Å². The van der Waals surface area contributed by atoms with Crippen LogP contribution >= 0.6 is 0 Å². The summed E-state index contributed by atoms with van der Waals surface area (Å²) >= 11 is 0. The van der Waals surface area contributed by atoms with Gasteiger partial charge in [-0.05, 0) is 25.8 Å². The zero-order valence-electron chi connectivity index (χ0n) is 9.68. The number of aromatic nitrogens is 1. The molecule has 0 saturated carbocycles. The fraction of sp³-hybridized carbons (Fsp3) is 0.750. The highest BCUT2D eigenvalue weighted by molar-refractivity contribution is 5.26. The van der Waals surface area contributed by atoms with E-state index < -0.39 is 0 Å². The molecular weight excluding hydrogens is 188 g/mol. The van der Waals surface area contributed by atoms with Crippen molar-refractivity contribution in [2.24, 2.45) is 5.92 Å². The molecule has 0 saturated heterocycles. The molecule has 0 aromatic carbocycles. The Kier molecular flexibility index (Phi) is 3.41. The Labute approximate surface area is 91.2 Å². The lowest BCUT2D eigenvalue weighted by Crippen LogP contribution is -2.15. The predicted octanol–water partition coefficient (Wildman–Crippen LogP) is 2.30. The van der Waals surface area contributed by atoms with Gasteiger partial charge < -0.3 is 9.84 Å². The van der Waals surface area contributed by atoms with E-state index in [1.165, 1.54) is 31.2 Å². The summed E-state index contributed by atoms with van der Waals surface area (Å²) in [5, 5.41) is 7.29. The van der Waals surface area contributed by atoms with E-state index in [0.717, 1.165) is 30.3 Å². The van der Waals surface area contributed by atoms with Crippen LogP contribution < -0.4 is 5.32 Å². The van der Waals surface area contributed by atoms with Crippen LogP contribution in [0.2, 0.25) is 0 Å². The van der Waals surface area contributed by atoms with Crippen LogP contribution in [0.3, 0.4) is 0 Å². The Hall–Kier alpha value is -0.830. The van der Waals surface area contributed by atoms with Gasteiger partial charge in [0.2, 0.25) is 0 Å². The Morgan fingerprint density at radius 1 is 1.53 bits per heavy atom. The SMILES string of the molecule is CCCC1CCc2onc(CNC)c2C1. The third kappa shape index (κ3) is 2.23. The van der Waals surface area contributed by atoms with E-state index in [1.54, 1.807) is 0 Å². The van der Waals surface area contributed by atoms with E-state index in [9.17, 15) is 0 Å².